The average Bonchev–Trinajstić information content (AvgIpc) is 3.37. The molecule has 0 saturated carbocycles. The second-order valence-electron chi connectivity index (χ2n) is 8.48. The van der Waals surface area contributed by atoms with Gasteiger partial charge in [-0.1, -0.05) is 36.4 Å². The molecule has 2 aliphatic heterocycles. The first-order chi connectivity index (χ1) is 17.7. The summed E-state index contributed by atoms with van der Waals surface area (Å²) in [6.45, 7) is 1.07. The molecule has 0 bridgehead atoms. The fourth-order valence-corrected chi connectivity index (χ4v) is 5.18. The van der Waals surface area contributed by atoms with Crippen LogP contribution in [0.3, 0.4) is 0 Å². The van der Waals surface area contributed by atoms with E-state index in [0.29, 0.717) is 5.56 Å². The number of imide groups is 1. The van der Waals surface area contributed by atoms with Gasteiger partial charge in [0.05, 0.1) is 37.7 Å². The first kappa shape index (κ1) is 25.6. The van der Waals surface area contributed by atoms with Crippen LogP contribution < -0.4 is 4.74 Å². The molecule has 12 heteroatoms. The maximum absolute atomic E-state index is 13.6. The normalized spacial score (nSPS) is 22.6. The molecule has 37 heavy (non-hydrogen) atoms. The third-order valence-corrected chi connectivity index (χ3v) is 6.63. The molecule has 4 rings (SSSR count). The van der Waals surface area contributed by atoms with Gasteiger partial charge in [-0.05, 0) is 24.1 Å². The predicted octanol–water partition coefficient (Wildman–Crippen LogP) is 2.43. The topological polar surface area (TPSA) is 146 Å². The molecule has 4 atom stereocenters. The van der Waals surface area contributed by atoms with Gasteiger partial charge in [0.2, 0.25) is 0 Å². The van der Waals surface area contributed by atoms with Crippen molar-refractivity contribution < 1.29 is 38.3 Å². The quantitative estimate of drug-likeness (QED) is 0.226. The molecule has 0 spiro atoms. The number of hydrogen-bond acceptors (Lipinski definition) is 9. The lowest BCUT2D eigenvalue weighted by Crippen LogP contribution is -2.41. The molecule has 0 radical (unpaired) electrons. The van der Waals surface area contributed by atoms with Gasteiger partial charge in [-0.3, -0.25) is 29.4 Å². The lowest BCUT2D eigenvalue weighted by atomic mass is 9.79. The zero-order valence-electron chi connectivity index (χ0n) is 20.4. The molecule has 2 heterocycles. The van der Waals surface area contributed by atoms with Crippen LogP contribution in [0.5, 0.6) is 5.75 Å². The van der Waals surface area contributed by atoms with Gasteiger partial charge in [-0.25, -0.2) is 4.79 Å². The summed E-state index contributed by atoms with van der Waals surface area (Å²) in [5.74, 6) is -4.05. The van der Waals surface area contributed by atoms with Crippen molar-refractivity contribution in [1.29, 1.82) is 0 Å². The Labute approximate surface area is 211 Å². The predicted molar refractivity (Wildman–Crippen MR) is 126 cm³/mol. The second kappa shape index (κ2) is 10.2. The molecule has 0 aliphatic carbocycles. The van der Waals surface area contributed by atoms with Crippen molar-refractivity contribution in [2.24, 2.45) is 5.92 Å². The standard InChI is InChI=1S/C25H25N3O9/c1-4-37-18(29)13-26-23(30)22-19(14-8-6-5-7-9-14)20(24(31)36-3)21(27(22)25(26)32)15-10-11-17(35-2)16(12-15)28(33)34/h5-12,19-22H,4,13H2,1-3H3. The number of carbonyl (C=O) groups excluding carboxylic acids is 4. The van der Waals surface area contributed by atoms with E-state index in [-0.39, 0.29) is 23.6 Å². The summed E-state index contributed by atoms with van der Waals surface area (Å²) >= 11 is 0. The van der Waals surface area contributed by atoms with Gasteiger partial charge < -0.3 is 19.1 Å². The SMILES string of the molecule is CCOC(=O)CN1C(=O)C2C(c3ccccc3)C(C(=O)OC)C(c3ccc(OC)c([N+](=O)[O-])c3)N2C1=O. The molecule has 194 valence electrons. The van der Waals surface area contributed by atoms with Crippen molar-refractivity contribution in [2.75, 3.05) is 27.4 Å². The molecule has 2 aromatic carbocycles. The highest BCUT2D eigenvalue weighted by atomic mass is 16.6. The van der Waals surface area contributed by atoms with Crippen LogP contribution in [-0.4, -0.2) is 72.0 Å². The number of carbonyl (C=O) groups is 4. The van der Waals surface area contributed by atoms with Crippen LogP contribution in [0.2, 0.25) is 0 Å². The number of esters is 2. The highest BCUT2D eigenvalue weighted by molar-refractivity contribution is 6.08. The summed E-state index contributed by atoms with van der Waals surface area (Å²) in [7, 11) is 2.48. The number of nitro benzene ring substituents is 1. The molecule has 0 N–H and O–H groups in total. The Morgan fingerprint density at radius 1 is 1.03 bits per heavy atom. The van der Waals surface area contributed by atoms with Crippen LogP contribution in [0.1, 0.15) is 30.0 Å². The van der Waals surface area contributed by atoms with Crippen LogP contribution in [0.25, 0.3) is 0 Å². The van der Waals surface area contributed by atoms with Crippen LogP contribution in [0, 0.1) is 16.0 Å². The van der Waals surface area contributed by atoms with Crippen molar-refractivity contribution in [3.05, 3.63) is 69.8 Å². The number of nitro groups is 1. The molecule has 12 nitrogen and oxygen atoms in total. The number of urea groups is 1. The third kappa shape index (κ3) is 4.34. The van der Waals surface area contributed by atoms with E-state index >= 15 is 0 Å². The lowest BCUT2D eigenvalue weighted by molar-refractivity contribution is -0.385. The molecular formula is C25H25N3O9. The lowest BCUT2D eigenvalue weighted by Gasteiger charge is -2.27. The number of rotatable bonds is 8. The van der Waals surface area contributed by atoms with Crippen molar-refractivity contribution in [3.8, 4) is 5.75 Å². The number of hydrogen-bond donors (Lipinski definition) is 0. The Kier molecular flexibility index (Phi) is 7.09. The van der Waals surface area contributed by atoms with Gasteiger partial charge in [-0.2, -0.15) is 0 Å². The summed E-state index contributed by atoms with van der Waals surface area (Å²) in [6, 6.07) is 9.71. The summed E-state index contributed by atoms with van der Waals surface area (Å²) in [5, 5.41) is 11.7. The molecule has 2 aromatic rings. The molecular weight excluding hydrogens is 486 g/mol. The van der Waals surface area contributed by atoms with Gasteiger partial charge in [0.15, 0.2) is 5.75 Å². The highest BCUT2D eigenvalue weighted by Gasteiger charge is 2.64. The van der Waals surface area contributed by atoms with Crippen molar-refractivity contribution in [2.45, 2.75) is 24.9 Å². The number of nitrogens with zero attached hydrogens (tertiary/aromatic N) is 3. The fourth-order valence-electron chi connectivity index (χ4n) is 5.18. The van der Waals surface area contributed by atoms with E-state index in [9.17, 15) is 29.3 Å². The van der Waals surface area contributed by atoms with Crippen LogP contribution in [0.4, 0.5) is 10.5 Å². The van der Waals surface area contributed by atoms with Gasteiger partial charge >= 0.3 is 23.7 Å². The van der Waals surface area contributed by atoms with E-state index < -0.39 is 59.3 Å². The average molecular weight is 511 g/mol. The monoisotopic (exact) mass is 511 g/mol. The zero-order valence-corrected chi connectivity index (χ0v) is 20.4. The first-order valence-electron chi connectivity index (χ1n) is 11.5. The number of amides is 3. The smallest absolute Gasteiger partial charge is 0.328 e. The van der Waals surface area contributed by atoms with E-state index in [4.69, 9.17) is 14.2 Å². The van der Waals surface area contributed by atoms with E-state index in [0.717, 1.165) is 4.90 Å². The summed E-state index contributed by atoms with van der Waals surface area (Å²) < 4.78 is 15.1. The van der Waals surface area contributed by atoms with Crippen molar-refractivity contribution in [3.63, 3.8) is 0 Å². The second-order valence-corrected chi connectivity index (χ2v) is 8.48. The molecule has 2 fully saturated rings. The van der Waals surface area contributed by atoms with E-state index in [2.05, 4.69) is 0 Å². The number of benzene rings is 2. The van der Waals surface area contributed by atoms with Crippen molar-refractivity contribution in [1.82, 2.24) is 9.80 Å². The zero-order chi connectivity index (χ0) is 26.9. The molecule has 4 unspecified atom stereocenters. The largest absolute Gasteiger partial charge is 0.490 e. The third-order valence-electron chi connectivity index (χ3n) is 6.63. The highest BCUT2D eigenvalue weighted by Crippen LogP contribution is 2.54. The van der Waals surface area contributed by atoms with Crippen LogP contribution >= 0.6 is 0 Å². The van der Waals surface area contributed by atoms with E-state index in [1.54, 1.807) is 37.3 Å². The minimum atomic E-state index is -1.15. The van der Waals surface area contributed by atoms with Crippen molar-refractivity contribution >= 4 is 29.6 Å². The molecule has 2 aliphatic rings. The number of methoxy groups -OCH3 is 2. The van der Waals surface area contributed by atoms with E-state index in [1.165, 1.54) is 37.3 Å². The molecule has 3 amide bonds. The molecule has 0 aromatic heterocycles. The minimum absolute atomic E-state index is 0.00899. The van der Waals surface area contributed by atoms with Crippen LogP contribution in [-0.2, 0) is 23.9 Å². The Balaban J connectivity index is 1.90. The minimum Gasteiger partial charge on any atom is -0.490 e. The van der Waals surface area contributed by atoms with Gasteiger partial charge in [-0.15, -0.1) is 0 Å². The van der Waals surface area contributed by atoms with Gasteiger partial charge in [0.1, 0.15) is 12.6 Å². The Morgan fingerprint density at radius 2 is 1.73 bits per heavy atom. The van der Waals surface area contributed by atoms with Crippen LogP contribution in [0.15, 0.2) is 48.5 Å². The fraction of sp³-hybridized carbons (Fsp3) is 0.360. The summed E-state index contributed by atoms with van der Waals surface area (Å²) in [4.78, 5) is 65.7. The van der Waals surface area contributed by atoms with Gasteiger partial charge in [0, 0.05) is 12.0 Å². The summed E-state index contributed by atoms with van der Waals surface area (Å²) in [5.41, 5.74) is 0.465. The number of ether oxygens (including phenoxy) is 3. The first-order valence-corrected chi connectivity index (χ1v) is 11.5. The number of fused-ring (bicyclic) bond motifs is 1. The Bertz CT molecular complexity index is 1250. The maximum atomic E-state index is 13.6. The summed E-state index contributed by atoms with van der Waals surface area (Å²) in [6.07, 6.45) is 0. The van der Waals surface area contributed by atoms with Gasteiger partial charge in [0.25, 0.3) is 5.91 Å². The maximum Gasteiger partial charge on any atom is 0.328 e. The van der Waals surface area contributed by atoms with E-state index in [1.807, 2.05) is 0 Å². The Morgan fingerprint density at radius 3 is 2.32 bits per heavy atom. The molecule has 2 saturated heterocycles. The Hall–Kier alpha value is -4.48.